The van der Waals surface area contributed by atoms with Crippen LogP contribution in [0.25, 0.3) is 0 Å². The predicted molar refractivity (Wildman–Crippen MR) is 72.5 cm³/mol. The van der Waals surface area contributed by atoms with Gasteiger partial charge in [0, 0.05) is 12.6 Å². The van der Waals surface area contributed by atoms with Gasteiger partial charge in [-0.05, 0) is 31.1 Å². The second-order valence-corrected chi connectivity index (χ2v) is 6.96. The van der Waals surface area contributed by atoms with Crippen LogP contribution in [-0.2, 0) is 9.59 Å². The minimum atomic E-state index is -0.154. The summed E-state index contributed by atoms with van der Waals surface area (Å²) in [6, 6.07) is 0.0967. The molecule has 3 rings (SSSR count). The average molecular weight is 264 g/mol. The fourth-order valence-corrected chi connectivity index (χ4v) is 4.14. The van der Waals surface area contributed by atoms with Crippen LogP contribution in [0.4, 0.5) is 0 Å². The van der Waals surface area contributed by atoms with Crippen LogP contribution in [0.1, 0.15) is 52.4 Å². The summed E-state index contributed by atoms with van der Waals surface area (Å²) in [5.74, 6) is 0.362. The maximum Gasteiger partial charge on any atom is 0.246 e. The molecule has 0 aromatic heterocycles. The van der Waals surface area contributed by atoms with E-state index in [0.29, 0.717) is 6.54 Å². The third kappa shape index (κ3) is 2.05. The van der Waals surface area contributed by atoms with E-state index in [9.17, 15) is 9.59 Å². The topological polar surface area (TPSA) is 40.6 Å². The molecule has 0 spiro atoms. The van der Waals surface area contributed by atoms with Crippen molar-refractivity contribution < 1.29 is 9.59 Å². The van der Waals surface area contributed by atoms with Gasteiger partial charge in [-0.2, -0.15) is 0 Å². The minimum absolute atomic E-state index is 0.148. The van der Waals surface area contributed by atoms with Crippen molar-refractivity contribution in [3.05, 3.63) is 0 Å². The number of carbonyl (C=O) groups excluding carboxylic acids is 2. The number of fused-ring (bicyclic) bond motifs is 1. The number of hydrogen-bond acceptors (Lipinski definition) is 2. The van der Waals surface area contributed by atoms with Crippen LogP contribution in [0.2, 0.25) is 0 Å². The van der Waals surface area contributed by atoms with Gasteiger partial charge in [-0.3, -0.25) is 9.59 Å². The molecule has 2 atom stereocenters. The molecule has 3 aliphatic rings. The van der Waals surface area contributed by atoms with Crippen LogP contribution in [0.15, 0.2) is 0 Å². The zero-order valence-electron chi connectivity index (χ0n) is 12.0. The molecule has 0 aromatic carbocycles. The van der Waals surface area contributed by atoms with Gasteiger partial charge in [-0.15, -0.1) is 0 Å². The smallest absolute Gasteiger partial charge is 0.246 e. The lowest BCUT2D eigenvalue weighted by molar-refractivity contribution is -0.159. The molecular formula is C15H24N2O2. The second kappa shape index (κ2) is 4.50. The van der Waals surface area contributed by atoms with Crippen molar-refractivity contribution in [2.45, 2.75) is 64.5 Å². The van der Waals surface area contributed by atoms with Crippen molar-refractivity contribution in [2.24, 2.45) is 5.41 Å². The summed E-state index contributed by atoms with van der Waals surface area (Å²) in [7, 11) is 0. The largest absolute Gasteiger partial charge is 0.329 e. The molecule has 2 aliphatic heterocycles. The molecule has 3 fully saturated rings. The Morgan fingerprint density at radius 1 is 1.05 bits per heavy atom. The number of hydrogen-bond donors (Lipinski definition) is 0. The van der Waals surface area contributed by atoms with Gasteiger partial charge >= 0.3 is 0 Å². The third-order valence-electron chi connectivity index (χ3n) is 5.27. The molecule has 4 heteroatoms. The van der Waals surface area contributed by atoms with Gasteiger partial charge in [-0.25, -0.2) is 0 Å². The van der Waals surface area contributed by atoms with Gasteiger partial charge in [0.25, 0.3) is 0 Å². The molecule has 0 N–H and O–H groups in total. The molecule has 4 nitrogen and oxygen atoms in total. The fourth-order valence-electron chi connectivity index (χ4n) is 4.14. The van der Waals surface area contributed by atoms with E-state index in [-0.39, 0.29) is 29.3 Å². The van der Waals surface area contributed by atoms with Gasteiger partial charge in [0.2, 0.25) is 11.8 Å². The summed E-state index contributed by atoms with van der Waals surface area (Å²) in [5.41, 5.74) is 0.148. The second-order valence-electron chi connectivity index (χ2n) is 6.96. The Morgan fingerprint density at radius 2 is 1.84 bits per heavy atom. The minimum Gasteiger partial charge on any atom is -0.329 e. The first kappa shape index (κ1) is 12.9. The molecule has 1 saturated carbocycles. The van der Waals surface area contributed by atoms with Crippen molar-refractivity contribution in [3.8, 4) is 0 Å². The number of rotatable bonds is 1. The highest BCUT2D eigenvalue weighted by Gasteiger charge is 2.47. The van der Waals surface area contributed by atoms with E-state index in [2.05, 4.69) is 13.8 Å². The maximum atomic E-state index is 12.7. The van der Waals surface area contributed by atoms with Gasteiger partial charge in [-0.1, -0.05) is 26.7 Å². The Hall–Kier alpha value is -1.06. The zero-order chi connectivity index (χ0) is 13.6. The van der Waals surface area contributed by atoms with E-state index in [4.69, 9.17) is 0 Å². The molecule has 2 unspecified atom stereocenters. The number of amides is 2. The molecule has 0 aromatic rings. The van der Waals surface area contributed by atoms with Crippen LogP contribution in [-0.4, -0.2) is 46.8 Å². The Morgan fingerprint density at radius 3 is 2.58 bits per heavy atom. The molecule has 2 amide bonds. The van der Waals surface area contributed by atoms with Crippen LogP contribution < -0.4 is 0 Å². The molecular weight excluding hydrogens is 240 g/mol. The Balaban J connectivity index is 1.84. The van der Waals surface area contributed by atoms with Crippen molar-refractivity contribution in [3.63, 3.8) is 0 Å². The highest BCUT2D eigenvalue weighted by atomic mass is 16.2. The first-order valence-electron chi connectivity index (χ1n) is 7.61. The van der Waals surface area contributed by atoms with Crippen LogP contribution >= 0.6 is 0 Å². The van der Waals surface area contributed by atoms with Crippen LogP contribution in [0.3, 0.4) is 0 Å². The van der Waals surface area contributed by atoms with E-state index in [1.54, 1.807) is 4.90 Å². The molecule has 19 heavy (non-hydrogen) atoms. The van der Waals surface area contributed by atoms with Gasteiger partial charge in [0.05, 0.1) is 0 Å². The number of carbonyl (C=O) groups is 2. The summed E-state index contributed by atoms with van der Waals surface area (Å²) in [4.78, 5) is 28.6. The number of piperazine rings is 1. The normalized spacial score (nSPS) is 34.6. The van der Waals surface area contributed by atoms with Crippen molar-refractivity contribution in [1.29, 1.82) is 0 Å². The number of nitrogens with zero attached hydrogens (tertiary/aromatic N) is 2. The van der Waals surface area contributed by atoms with Gasteiger partial charge < -0.3 is 9.80 Å². The van der Waals surface area contributed by atoms with E-state index in [0.717, 1.165) is 32.2 Å². The van der Waals surface area contributed by atoms with Crippen molar-refractivity contribution in [2.75, 3.05) is 13.1 Å². The molecule has 106 valence electrons. The lowest BCUT2D eigenvalue weighted by atomic mass is 9.72. The van der Waals surface area contributed by atoms with Gasteiger partial charge in [0.15, 0.2) is 0 Å². The first-order chi connectivity index (χ1) is 9.00. The SMILES string of the molecule is CC1(C)CCCCC1N1CC(=O)N2CCCC2C1=O. The summed E-state index contributed by atoms with van der Waals surface area (Å²) >= 11 is 0. The lowest BCUT2D eigenvalue weighted by Gasteiger charge is -2.48. The standard InChI is InChI=1S/C15H24N2O2/c1-15(2)8-4-3-7-12(15)17-10-13(18)16-9-5-6-11(16)14(17)19/h11-12H,3-10H2,1-2H3. The maximum absolute atomic E-state index is 12.7. The monoisotopic (exact) mass is 264 g/mol. The Labute approximate surface area is 115 Å². The van der Waals surface area contributed by atoms with Crippen LogP contribution in [0.5, 0.6) is 0 Å². The highest BCUT2D eigenvalue weighted by Crippen LogP contribution is 2.40. The molecule has 2 saturated heterocycles. The molecule has 2 heterocycles. The predicted octanol–water partition coefficient (Wildman–Crippen LogP) is 1.79. The van der Waals surface area contributed by atoms with Crippen LogP contribution in [0, 0.1) is 5.41 Å². The third-order valence-corrected chi connectivity index (χ3v) is 5.27. The molecule has 1 aliphatic carbocycles. The van der Waals surface area contributed by atoms with Crippen molar-refractivity contribution >= 4 is 11.8 Å². The molecule has 0 radical (unpaired) electrons. The summed E-state index contributed by atoms with van der Waals surface area (Å²) in [6.07, 6.45) is 6.47. The highest BCUT2D eigenvalue weighted by molar-refractivity contribution is 5.95. The lowest BCUT2D eigenvalue weighted by Crippen LogP contribution is -2.62. The van der Waals surface area contributed by atoms with E-state index < -0.39 is 0 Å². The summed E-state index contributed by atoms with van der Waals surface area (Å²) < 4.78 is 0. The Bertz CT molecular complexity index is 405. The average Bonchev–Trinajstić information content (AvgIpc) is 2.84. The van der Waals surface area contributed by atoms with E-state index >= 15 is 0 Å². The van der Waals surface area contributed by atoms with E-state index in [1.165, 1.54) is 12.8 Å². The molecule has 0 bridgehead atoms. The van der Waals surface area contributed by atoms with E-state index in [1.807, 2.05) is 4.90 Å². The Kier molecular flexibility index (Phi) is 3.06. The van der Waals surface area contributed by atoms with Gasteiger partial charge in [0.1, 0.15) is 12.6 Å². The van der Waals surface area contributed by atoms with Crippen molar-refractivity contribution in [1.82, 2.24) is 9.80 Å². The zero-order valence-corrected chi connectivity index (χ0v) is 12.0. The fraction of sp³-hybridized carbons (Fsp3) is 0.867. The first-order valence-corrected chi connectivity index (χ1v) is 7.61. The summed E-state index contributed by atoms with van der Waals surface area (Å²) in [5, 5.41) is 0. The summed E-state index contributed by atoms with van der Waals surface area (Å²) in [6.45, 7) is 5.58. The quantitative estimate of drug-likeness (QED) is 0.724.